The minimum Gasteiger partial charge on any atom is -0.444 e. The van der Waals surface area contributed by atoms with Crippen LogP contribution < -0.4 is 0 Å². The van der Waals surface area contributed by atoms with Crippen LogP contribution in [0, 0.1) is 5.92 Å². The van der Waals surface area contributed by atoms with Crippen LogP contribution in [0.3, 0.4) is 0 Å². The lowest BCUT2D eigenvalue weighted by Crippen LogP contribution is -2.45. The number of likely N-dealkylation sites (tertiary alicyclic amines) is 1. The van der Waals surface area contributed by atoms with Crippen molar-refractivity contribution in [2.24, 2.45) is 5.92 Å². The van der Waals surface area contributed by atoms with Gasteiger partial charge in [0, 0.05) is 32.2 Å². The number of amides is 2. The zero-order valence-electron chi connectivity index (χ0n) is 17.7. The molecule has 0 aliphatic carbocycles. The fraction of sp³-hybridized carbons (Fsp3) is 0.571. The molecule has 2 heterocycles. The van der Waals surface area contributed by atoms with Crippen molar-refractivity contribution in [2.75, 3.05) is 26.7 Å². The molecule has 1 N–H and O–H groups in total. The summed E-state index contributed by atoms with van der Waals surface area (Å²) in [6.07, 6.45) is -1.33. The van der Waals surface area contributed by atoms with Crippen LogP contribution in [0.15, 0.2) is 18.2 Å². The number of rotatable bonds is 4. The summed E-state index contributed by atoms with van der Waals surface area (Å²) in [6, 6.07) is 4.74. The molecule has 1 saturated heterocycles. The first-order chi connectivity index (χ1) is 14.0. The lowest BCUT2D eigenvalue weighted by molar-refractivity contribution is 0.0244. The molecule has 1 aromatic heterocycles. The third-order valence-electron chi connectivity index (χ3n) is 5.00. The van der Waals surface area contributed by atoms with Crippen molar-refractivity contribution in [3.63, 3.8) is 0 Å². The molecule has 2 aromatic rings. The molecule has 9 heteroatoms. The molecule has 1 aliphatic rings. The van der Waals surface area contributed by atoms with Gasteiger partial charge in [-0.1, -0.05) is 0 Å². The third-order valence-corrected chi connectivity index (χ3v) is 5.00. The van der Waals surface area contributed by atoms with Crippen LogP contribution in [0.2, 0.25) is 0 Å². The van der Waals surface area contributed by atoms with Gasteiger partial charge in [-0.3, -0.25) is 4.79 Å². The summed E-state index contributed by atoms with van der Waals surface area (Å²) in [5.41, 5.74) is 0.676. The van der Waals surface area contributed by atoms with Crippen molar-refractivity contribution in [1.82, 2.24) is 19.8 Å². The van der Waals surface area contributed by atoms with E-state index in [1.807, 2.05) is 20.8 Å². The van der Waals surface area contributed by atoms with Gasteiger partial charge in [-0.2, -0.15) is 0 Å². The predicted molar refractivity (Wildman–Crippen MR) is 109 cm³/mol. The number of benzene rings is 1. The van der Waals surface area contributed by atoms with Crippen molar-refractivity contribution >= 4 is 23.0 Å². The average molecular weight is 422 g/mol. The minimum absolute atomic E-state index is 0.140. The third kappa shape index (κ3) is 5.25. The Labute approximate surface area is 174 Å². The Bertz CT molecular complexity index is 923. The van der Waals surface area contributed by atoms with Gasteiger partial charge in [0.25, 0.3) is 12.3 Å². The summed E-state index contributed by atoms with van der Waals surface area (Å²) >= 11 is 0. The highest BCUT2D eigenvalue weighted by atomic mass is 19.3. The monoisotopic (exact) mass is 422 g/mol. The molecular formula is C21H28F2N4O3. The zero-order valence-corrected chi connectivity index (χ0v) is 17.7. The molecule has 0 spiro atoms. The molecule has 7 nitrogen and oxygen atoms in total. The Hall–Kier alpha value is -2.71. The van der Waals surface area contributed by atoms with Gasteiger partial charge in [0.2, 0.25) is 0 Å². The van der Waals surface area contributed by atoms with E-state index in [0.29, 0.717) is 36.2 Å². The van der Waals surface area contributed by atoms with Crippen molar-refractivity contribution in [1.29, 1.82) is 0 Å². The Kier molecular flexibility index (Phi) is 6.28. The fourth-order valence-electron chi connectivity index (χ4n) is 3.65. The smallest absolute Gasteiger partial charge is 0.410 e. The minimum atomic E-state index is -2.69. The van der Waals surface area contributed by atoms with E-state index in [1.54, 1.807) is 35.0 Å². The summed E-state index contributed by atoms with van der Waals surface area (Å²) in [4.78, 5) is 34.9. The first kappa shape index (κ1) is 22.0. The number of halogens is 2. The highest BCUT2D eigenvalue weighted by molar-refractivity contribution is 5.97. The van der Waals surface area contributed by atoms with Gasteiger partial charge in [0.1, 0.15) is 5.60 Å². The van der Waals surface area contributed by atoms with Gasteiger partial charge in [-0.15, -0.1) is 0 Å². The summed E-state index contributed by atoms with van der Waals surface area (Å²) in [7, 11) is 1.70. The Morgan fingerprint density at radius 1 is 1.37 bits per heavy atom. The lowest BCUT2D eigenvalue weighted by atomic mass is 9.97. The van der Waals surface area contributed by atoms with Crippen LogP contribution in [0.5, 0.6) is 0 Å². The van der Waals surface area contributed by atoms with Crippen LogP contribution in [-0.2, 0) is 4.74 Å². The molecule has 0 radical (unpaired) electrons. The number of nitrogens with one attached hydrogen (secondary N) is 1. The number of carbonyl (C=O) groups excluding carboxylic acids is 2. The van der Waals surface area contributed by atoms with Crippen LogP contribution in [0.4, 0.5) is 13.6 Å². The molecule has 1 unspecified atom stereocenters. The molecule has 2 amide bonds. The largest absolute Gasteiger partial charge is 0.444 e. The molecule has 3 rings (SSSR count). The van der Waals surface area contributed by atoms with Crippen LogP contribution in [0.1, 0.15) is 56.2 Å². The summed E-state index contributed by atoms with van der Waals surface area (Å²) < 4.78 is 31.1. The van der Waals surface area contributed by atoms with Gasteiger partial charge < -0.3 is 19.5 Å². The second-order valence-corrected chi connectivity index (χ2v) is 8.77. The second-order valence-electron chi connectivity index (χ2n) is 8.77. The summed E-state index contributed by atoms with van der Waals surface area (Å²) in [5.74, 6) is -0.422. The van der Waals surface area contributed by atoms with Crippen molar-refractivity contribution in [3.8, 4) is 0 Å². The molecule has 1 aromatic carbocycles. The maximum Gasteiger partial charge on any atom is 0.410 e. The Morgan fingerprint density at radius 2 is 2.10 bits per heavy atom. The van der Waals surface area contributed by atoms with Gasteiger partial charge in [-0.05, 0) is 57.7 Å². The highest BCUT2D eigenvalue weighted by Gasteiger charge is 2.28. The number of H-pyrrole nitrogens is 1. The normalized spacial score (nSPS) is 17.4. The fourth-order valence-corrected chi connectivity index (χ4v) is 3.65. The number of hydrogen-bond donors (Lipinski definition) is 1. The topological polar surface area (TPSA) is 78.5 Å². The number of aromatic amines is 1. The van der Waals surface area contributed by atoms with E-state index in [2.05, 4.69) is 9.97 Å². The molecule has 164 valence electrons. The van der Waals surface area contributed by atoms with Gasteiger partial charge in [0.15, 0.2) is 5.82 Å². The summed E-state index contributed by atoms with van der Waals surface area (Å²) in [5, 5.41) is 0. The van der Waals surface area contributed by atoms with E-state index in [0.717, 1.165) is 12.8 Å². The van der Waals surface area contributed by atoms with Gasteiger partial charge >= 0.3 is 6.09 Å². The number of imidazole rings is 1. The lowest BCUT2D eigenvalue weighted by Gasteiger charge is -2.35. The molecule has 1 aliphatic heterocycles. The number of piperidine rings is 1. The Balaban J connectivity index is 1.65. The van der Waals surface area contributed by atoms with Crippen molar-refractivity contribution in [2.45, 2.75) is 45.6 Å². The first-order valence-corrected chi connectivity index (χ1v) is 10.0. The standard InChI is InChI=1S/C21H28F2N4O3/c1-21(2,3)30-20(29)26(4)11-13-6-5-9-27(12-13)19(28)14-7-8-15-16(10-14)25-18(24-15)17(22)23/h7-8,10,13,17H,5-6,9,11-12H2,1-4H3,(H,24,25). The summed E-state index contributed by atoms with van der Waals surface area (Å²) in [6.45, 7) is 7.10. The average Bonchev–Trinajstić information content (AvgIpc) is 3.10. The SMILES string of the molecule is CN(CC1CCCN(C(=O)c2ccc3nc(C(F)F)[nH]c3c2)C1)C(=O)OC(C)(C)C. The number of hydrogen-bond acceptors (Lipinski definition) is 4. The van der Waals surface area contributed by atoms with Crippen LogP contribution in [0.25, 0.3) is 11.0 Å². The van der Waals surface area contributed by atoms with E-state index >= 15 is 0 Å². The number of ether oxygens (including phenoxy) is 1. The molecule has 30 heavy (non-hydrogen) atoms. The number of fused-ring (bicyclic) bond motifs is 1. The maximum atomic E-state index is 13.0. The molecule has 1 atom stereocenters. The molecule has 0 saturated carbocycles. The van der Waals surface area contributed by atoms with E-state index in [1.165, 1.54) is 0 Å². The van der Waals surface area contributed by atoms with E-state index < -0.39 is 17.9 Å². The van der Waals surface area contributed by atoms with Crippen molar-refractivity contribution in [3.05, 3.63) is 29.6 Å². The van der Waals surface area contributed by atoms with E-state index in [9.17, 15) is 18.4 Å². The number of nitrogens with zero attached hydrogens (tertiary/aromatic N) is 3. The maximum absolute atomic E-state index is 13.0. The van der Waals surface area contributed by atoms with Gasteiger partial charge in [-0.25, -0.2) is 18.6 Å². The highest BCUT2D eigenvalue weighted by Crippen LogP contribution is 2.23. The first-order valence-electron chi connectivity index (χ1n) is 10.0. The number of aromatic nitrogens is 2. The van der Waals surface area contributed by atoms with E-state index in [-0.39, 0.29) is 17.9 Å². The quantitative estimate of drug-likeness (QED) is 0.800. The predicted octanol–water partition coefficient (Wildman–Crippen LogP) is 4.22. The van der Waals surface area contributed by atoms with Gasteiger partial charge in [0.05, 0.1) is 11.0 Å². The number of alkyl halides is 2. The molecule has 0 bridgehead atoms. The Morgan fingerprint density at radius 3 is 2.77 bits per heavy atom. The molecule has 1 fully saturated rings. The second kappa shape index (κ2) is 8.57. The van der Waals surface area contributed by atoms with E-state index in [4.69, 9.17) is 4.74 Å². The molecular weight excluding hydrogens is 394 g/mol. The number of carbonyl (C=O) groups is 2. The zero-order chi connectivity index (χ0) is 22.1. The van der Waals surface area contributed by atoms with Crippen LogP contribution in [-0.4, -0.2) is 64.1 Å². The van der Waals surface area contributed by atoms with Crippen molar-refractivity contribution < 1.29 is 23.1 Å². The van der Waals surface area contributed by atoms with Crippen LogP contribution >= 0.6 is 0 Å².